The van der Waals surface area contributed by atoms with Crippen LogP contribution in [-0.4, -0.2) is 69.1 Å². The van der Waals surface area contributed by atoms with E-state index in [-0.39, 0.29) is 48.4 Å². The Kier molecular flexibility index (Phi) is 7.88. The number of alkyl halides is 3. The lowest BCUT2D eigenvalue weighted by Gasteiger charge is -2.35. The number of fused-ring (bicyclic) bond motifs is 1. The van der Waals surface area contributed by atoms with Crippen molar-refractivity contribution in [1.82, 2.24) is 19.8 Å². The molecule has 9 nitrogen and oxygen atoms in total. The minimum absolute atomic E-state index is 0.119. The number of hydrogen-bond donors (Lipinski definition) is 0. The largest absolute Gasteiger partial charge is 0.481 e. The van der Waals surface area contributed by atoms with E-state index in [2.05, 4.69) is 9.97 Å². The number of rotatable bonds is 6. The van der Waals surface area contributed by atoms with Gasteiger partial charge in [0.25, 0.3) is 11.8 Å². The number of piperazine rings is 1. The zero-order chi connectivity index (χ0) is 29.1. The quantitative estimate of drug-likeness (QED) is 0.332. The zero-order valence-electron chi connectivity index (χ0n) is 21.6. The van der Waals surface area contributed by atoms with Crippen LogP contribution < -0.4 is 8.92 Å². The van der Waals surface area contributed by atoms with Crippen molar-refractivity contribution in [2.45, 2.75) is 11.1 Å². The lowest BCUT2D eigenvalue weighted by atomic mass is 10.1. The number of aromatic nitrogens is 2. The van der Waals surface area contributed by atoms with Gasteiger partial charge in [0.2, 0.25) is 17.0 Å². The zero-order valence-corrected chi connectivity index (χ0v) is 22.4. The van der Waals surface area contributed by atoms with Crippen molar-refractivity contribution >= 4 is 33.8 Å². The first-order valence-corrected chi connectivity index (χ1v) is 13.5. The summed E-state index contributed by atoms with van der Waals surface area (Å²) in [6.07, 6.45) is -1.95. The lowest BCUT2D eigenvalue weighted by Crippen LogP contribution is -2.50. The lowest BCUT2D eigenvalue weighted by molar-refractivity contribution is -0.138. The molecule has 1 aliphatic rings. The second-order valence-electron chi connectivity index (χ2n) is 9.03. The number of carbonyl (C=O) groups excluding carboxylic acids is 2. The van der Waals surface area contributed by atoms with Crippen molar-refractivity contribution in [3.8, 4) is 11.6 Å². The van der Waals surface area contributed by atoms with E-state index in [1.54, 1.807) is 35.2 Å². The number of ether oxygens (including phenoxy) is 1. The van der Waals surface area contributed by atoms with Gasteiger partial charge >= 0.3 is 6.18 Å². The first-order chi connectivity index (χ1) is 19.7. The number of halogens is 3. The van der Waals surface area contributed by atoms with Gasteiger partial charge in [-0.25, -0.2) is 9.19 Å². The van der Waals surface area contributed by atoms with Crippen molar-refractivity contribution in [2.24, 2.45) is 0 Å². The first-order valence-electron chi connectivity index (χ1n) is 12.4. The van der Waals surface area contributed by atoms with Gasteiger partial charge in [0.05, 0.1) is 18.2 Å². The Morgan fingerprint density at radius 3 is 2.17 bits per heavy atom. The highest BCUT2D eigenvalue weighted by atomic mass is 32.2. The summed E-state index contributed by atoms with van der Waals surface area (Å²) in [6.45, 7) is 0.649. The van der Waals surface area contributed by atoms with E-state index in [0.717, 1.165) is 6.07 Å². The van der Waals surface area contributed by atoms with Crippen LogP contribution in [0.3, 0.4) is 0 Å². The first kappa shape index (κ1) is 28.0. The third kappa shape index (κ3) is 5.99. The summed E-state index contributed by atoms with van der Waals surface area (Å²) in [4.78, 5) is 37.2. The van der Waals surface area contributed by atoms with E-state index in [1.165, 1.54) is 42.6 Å². The molecular formula is C28H23F3N4O5S. The molecule has 0 radical (unpaired) electrons. The Labute approximate surface area is 235 Å². The van der Waals surface area contributed by atoms with Gasteiger partial charge in [0.15, 0.2) is 5.75 Å². The Morgan fingerprint density at radius 2 is 1.51 bits per heavy atom. The minimum Gasteiger partial charge on any atom is -0.481 e. The number of nitrogens with zero attached hydrogens (tertiary/aromatic N) is 4. The molecule has 41 heavy (non-hydrogen) atoms. The number of carbonyl (C=O) groups is 2. The van der Waals surface area contributed by atoms with Crippen LogP contribution in [0, 0.1) is 0 Å². The summed E-state index contributed by atoms with van der Waals surface area (Å²) in [7, 11) is 1.44. The van der Waals surface area contributed by atoms with Crippen molar-refractivity contribution in [3.63, 3.8) is 0 Å². The highest BCUT2D eigenvalue weighted by Gasteiger charge is 2.37. The van der Waals surface area contributed by atoms with Crippen LogP contribution in [0.2, 0.25) is 0 Å². The molecular weight excluding hydrogens is 561 g/mol. The summed E-state index contributed by atoms with van der Waals surface area (Å²) in [5, 5.41) is 0.654. The van der Waals surface area contributed by atoms with Crippen LogP contribution in [0.25, 0.3) is 10.9 Å². The number of benzene rings is 2. The van der Waals surface area contributed by atoms with Gasteiger partial charge in [0.1, 0.15) is 4.90 Å². The summed E-state index contributed by atoms with van der Waals surface area (Å²) in [5.41, 5.74) is -0.723. The Balaban J connectivity index is 1.31. The normalized spacial score (nSPS) is 14.5. The second kappa shape index (κ2) is 11.5. The molecule has 2 amide bonds. The number of methoxy groups -OCH3 is 1. The molecule has 0 N–H and O–H groups in total. The Morgan fingerprint density at radius 1 is 0.854 bits per heavy atom. The number of hydrogen-bond acceptors (Lipinski definition) is 7. The molecule has 1 fully saturated rings. The van der Waals surface area contributed by atoms with Crippen LogP contribution in [0.1, 0.15) is 26.3 Å². The fourth-order valence-electron chi connectivity index (χ4n) is 4.43. The topological polar surface area (TPSA) is 102 Å². The molecule has 0 saturated carbocycles. The highest BCUT2D eigenvalue weighted by Crippen LogP contribution is 2.38. The molecule has 0 aliphatic carbocycles. The molecule has 1 unspecified atom stereocenters. The molecule has 3 heterocycles. The SMILES string of the molecule is COc1cc(C(=O)N2CCN(C(=O)c3ccc(OS(=O)c4cccc5cccnc45)c(C(F)(F)F)c3)CC2)ccn1. The van der Waals surface area contributed by atoms with Gasteiger partial charge in [-0.15, -0.1) is 0 Å². The van der Waals surface area contributed by atoms with Crippen molar-refractivity contribution in [3.05, 3.63) is 89.7 Å². The average molecular weight is 585 g/mol. The van der Waals surface area contributed by atoms with Crippen molar-refractivity contribution in [2.75, 3.05) is 33.3 Å². The van der Waals surface area contributed by atoms with E-state index in [4.69, 9.17) is 8.92 Å². The standard InChI is InChI=1S/C28H23F3N4O5S/c1-39-24-17-20(9-11-32-24)27(37)35-14-12-34(13-15-35)26(36)19-7-8-22(21(16-19)28(29,30)31)40-41(38)23-6-2-4-18-5-3-10-33-25(18)23/h2-11,16-17H,12-15H2,1H3. The van der Waals surface area contributed by atoms with Crippen LogP contribution in [-0.2, 0) is 17.3 Å². The van der Waals surface area contributed by atoms with Gasteiger partial charge in [-0.1, -0.05) is 18.2 Å². The van der Waals surface area contributed by atoms with Crippen LogP contribution in [0.5, 0.6) is 11.6 Å². The smallest absolute Gasteiger partial charge is 0.420 e. The predicted molar refractivity (Wildman–Crippen MR) is 143 cm³/mol. The molecule has 13 heteroatoms. The molecule has 2 aromatic carbocycles. The van der Waals surface area contributed by atoms with Crippen molar-refractivity contribution < 1.29 is 35.9 Å². The second-order valence-corrected chi connectivity index (χ2v) is 10.1. The highest BCUT2D eigenvalue weighted by molar-refractivity contribution is 7.80. The number of para-hydroxylation sites is 1. The summed E-state index contributed by atoms with van der Waals surface area (Å²) in [6, 6.07) is 14.2. The van der Waals surface area contributed by atoms with Crippen LogP contribution in [0.15, 0.2) is 78.0 Å². The molecule has 1 saturated heterocycles. The number of amides is 2. The Bertz CT molecular complexity index is 1640. The van der Waals surface area contributed by atoms with E-state index in [9.17, 15) is 27.0 Å². The molecule has 4 aromatic rings. The van der Waals surface area contributed by atoms with Gasteiger partial charge in [-0.3, -0.25) is 14.6 Å². The van der Waals surface area contributed by atoms with E-state index in [0.29, 0.717) is 22.5 Å². The maximum atomic E-state index is 14.0. The summed E-state index contributed by atoms with van der Waals surface area (Å²) < 4.78 is 65.3. The monoisotopic (exact) mass is 584 g/mol. The van der Waals surface area contributed by atoms with Gasteiger partial charge in [-0.05, 0) is 36.4 Å². The average Bonchev–Trinajstić information content (AvgIpc) is 2.99. The maximum Gasteiger partial charge on any atom is 0.420 e. The molecule has 212 valence electrons. The third-order valence-corrected chi connectivity index (χ3v) is 7.54. The van der Waals surface area contributed by atoms with E-state index >= 15 is 0 Å². The fraction of sp³-hybridized carbons (Fsp3) is 0.214. The van der Waals surface area contributed by atoms with Gasteiger partial charge in [-0.2, -0.15) is 13.2 Å². The molecule has 1 aliphatic heterocycles. The predicted octanol–water partition coefficient (Wildman–Crippen LogP) is 4.36. The summed E-state index contributed by atoms with van der Waals surface area (Å²) >= 11 is -2.31. The number of pyridine rings is 2. The van der Waals surface area contributed by atoms with Crippen LogP contribution >= 0.6 is 0 Å². The third-order valence-electron chi connectivity index (χ3n) is 6.52. The van der Waals surface area contributed by atoms with Gasteiger partial charge < -0.3 is 18.7 Å². The molecule has 2 aromatic heterocycles. The van der Waals surface area contributed by atoms with Crippen LogP contribution in [0.4, 0.5) is 13.2 Å². The van der Waals surface area contributed by atoms with E-state index < -0.39 is 34.5 Å². The summed E-state index contributed by atoms with van der Waals surface area (Å²) in [5.74, 6) is -1.29. The maximum absolute atomic E-state index is 14.0. The van der Waals surface area contributed by atoms with Crippen molar-refractivity contribution in [1.29, 1.82) is 0 Å². The molecule has 0 bridgehead atoms. The molecule has 5 rings (SSSR count). The fourth-order valence-corrected chi connectivity index (χ4v) is 5.34. The molecule has 1 atom stereocenters. The molecule has 0 spiro atoms. The van der Waals surface area contributed by atoms with E-state index in [1.807, 2.05) is 0 Å². The minimum atomic E-state index is -4.89. The Hall–Kier alpha value is -4.52. The van der Waals surface area contributed by atoms with Gasteiger partial charge in [0, 0.05) is 61.2 Å².